The zero-order valence-corrected chi connectivity index (χ0v) is 19.3. The van der Waals surface area contributed by atoms with Gasteiger partial charge in [0.2, 0.25) is 0 Å². The van der Waals surface area contributed by atoms with E-state index < -0.39 is 16.6 Å². The normalized spacial score (nSPS) is 45.5. The molecule has 0 saturated heterocycles. The third-order valence-electron chi connectivity index (χ3n) is 10.1. The minimum atomic E-state index is -1.35. The molecule has 8 atom stereocenters. The predicted molar refractivity (Wildman–Crippen MR) is 117 cm³/mol. The second-order valence-corrected chi connectivity index (χ2v) is 11.3. The molecule has 174 valence electrons. The average Bonchev–Trinajstić information content (AvgIpc) is 2.95. The Morgan fingerprint density at radius 1 is 1.09 bits per heavy atom. The SMILES string of the molecule is CC(=O)OC1CCC2(C)C(CCC3C2CCC2(C)C(c4ccc(=O)oc4)CC(=O)C32O)C1. The van der Waals surface area contributed by atoms with Crippen molar-refractivity contribution in [1.82, 2.24) is 0 Å². The average molecular weight is 443 g/mol. The zero-order valence-electron chi connectivity index (χ0n) is 19.3. The van der Waals surface area contributed by atoms with Gasteiger partial charge in [-0.05, 0) is 79.7 Å². The van der Waals surface area contributed by atoms with E-state index in [1.165, 1.54) is 19.3 Å². The van der Waals surface area contributed by atoms with Crippen LogP contribution in [0.25, 0.3) is 0 Å². The van der Waals surface area contributed by atoms with Gasteiger partial charge < -0.3 is 14.3 Å². The largest absolute Gasteiger partial charge is 0.463 e. The molecule has 6 heteroatoms. The predicted octanol–water partition coefficient (Wildman–Crippen LogP) is 3.99. The Hall–Kier alpha value is -1.95. The number of esters is 1. The summed E-state index contributed by atoms with van der Waals surface area (Å²) in [6.45, 7) is 5.88. The molecule has 4 saturated carbocycles. The molecule has 0 aromatic carbocycles. The van der Waals surface area contributed by atoms with Crippen LogP contribution in [0.15, 0.2) is 27.6 Å². The van der Waals surface area contributed by atoms with Crippen LogP contribution in [-0.4, -0.2) is 28.6 Å². The first kappa shape index (κ1) is 21.9. The third kappa shape index (κ3) is 2.91. The van der Waals surface area contributed by atoms with Crippen LogP contribution in [0.5, 0.6) is 0 Å². The van der Waals surface area contributed by atoms with E-state index in [4.69, 9.17) is 9.15 Å². The van der Waals surface area contributed by atoms with E-state index in [1.54, 1.807) is 6.07 Å². The molecule has 0 aliphatic heterocycles. The summed E-state index contributed by atoms with van der Waals surface area (Å²) in [6, 6.07) is 3.15. The number of carbonyl (C=O) groups is 2. The quantitative estimate of drug-likeness (QED) is 0.696. The molecule has 4 aliphatic rings. The lowest BCUT2D eigenvalue weighted by Gasteiger charge is -2.63. The third-order valence-corrected chi connectivity index (χ3v) is 10.1. The molecule has 0 bridgehead atoms. The molecule has 5 rings (SSSR count). The van der Waals surface area contributed by atoms with Gasteiger partial charge in [-0.25, -0.2) is 4.79 Å². The number of aliphatic hydroxyl groups is 1. The Balaban J connectivity index is 1.45. The van der Waals surface area contributed by atoms with Gasteiger partial charge >= 0.3 is 11.6 Å². The molecule has 32 heavy (non-hydrogen) atoms. The van der Waals surface area contributed by atoms with Gasteiger partial charge in [-0.15, -0.1) is 0 Å². The van der Waals surface area contributed by atoms with Gasteiger partial charge in [-0.2, -0.15) is 0 Å². The maximum Gasteiger partial charge on any atom is 0.335 e. The van der Waals surface area contributed by atoms with E-state index in [1.807, 2.05) is 0 Å². The maximum absolute atomic E-state index is 13.5. The first-order valence-electron chi connectivity index (χ1n) is 12.1. The molecule has 6 nitrogen and oxygen atoms in total. The molecule has 4 aliphatic carbocycles. The van der Waals surface area contributed by atoms with Gasteiger partial charge in [0.1, 0.15) is 11.7 Å². The standard InChI is InChI=1S/C26H34O6/c1-15(27)32-18-8-10-24(2)17(12-18)5-6-20-19(24)9-11-25(3)21(13-22(28)26(20,25)30)16-4-7-23(29)31-14-16/h4,7,14,17-21,30H,5-6,8-13H2,1-3H3. The van der Waals surface area contributed by atoms with Gasteiger partial charge in [0.05, 0.1) is 6.26 Å². The van der Waals surface area contributed by atoms with Crippen LogP contribution in [0.4, 0.5) is 0 Å². The van der Waals surface area contributed by atoms with Crippen LogP contribution in [0.1, 0.15) is 83.6 Å². The van der Waals surface area contributed by atoms with Crippen LogP contribution >= 0.6 is 0 Å². The molecule has 0 radical (unpaired) electrons. The Labute approximate surface area is 188 Å². The summed E-state index contributed by atoms with van der Waals surface area (Å²) < 4.78 is 10.7. The first-order chi connectivity index (χ1) is 15.1. The van der Waals surface area contributed by atoms with Crippen molar-refractivity contribution in [1.29, 1.82) is 0 Å². The minimum Gasteiger partial charge on any atom is -0.463 e. The summed E-state index contributed by atoms with van der Waals surface area (Å²) in [4.78, 5) is 36.4. The topological polar surface area (TPSA) is 93.8 Å². The number of carbonyl (C=O) groups excluding carboxylic acids is 2. The lowest BCUT2D eigenvalue weighted by atomic mass is 9.43. The van der Waals surface area contributed by atoms with E-state index >= 15 is 0 Å². The fourth-order valence-corrected chi connectivity index (χ4v) is 8.38. The van der Waals surface area contributed by atoms with Crippen molar-refractivity contribution < 1.29 is 23.8 Å². The van der Waals surface area contributed by atoms with Gasteiger partial charge in [0.15, 0.2) is 5.78 Å². The molecule has 4 fully saturated rings. The van der Waals surface area contributed by atoms with E-state index in [9.17, 15) is 19.5 Å². The van der Waals surface area contributed by atoms with Crippen molar-refractivity contribution in [3.8, 4) is 0 Å². The molecular weight excluding hydrogens is 408 g/mol. The van der Waals surface area contributed by atoms with Crippen LogP contribution < -0.4 is 5.63 Å². The van der Waals surface area contributed by atoms with Crippen molar-refractivity contribution >= 4 is 11.8 Å². The number of ether oxygens (including phenoxy) is 1. The highest BCUT2D eigenvalue weighted by Gasteiger charge is 2.71. The monoisotopic (exact) mass is 442 g/mol. The van der Waals surface area contributed by atoms with Crippen LogP contribution in [0.2, 0.25) is 0 Å². The van der Waals surface area contributed by atoms with Gasteiger partial charge in [0, 0.05) is 30.7 Å². The number of hydrogen-bond donors (Lipinski definition) is 1. The lowest BCUT2D eigenvalue weighted by Crippen LogP contribution is -2.64. The molecule has 1 aromatic heterocycles. The number of Topliss-reactive ketones (excluding diaryl/α,β-unsaturated/α-hetero) is 1. The van der Waals surface area contributed by atoms with E-state index in [2.05, 4.69) is 13.8 Å². The number of fused-ring (bicyclic) bond motifs is 5. The summed E-state index contributed by atoms with van der Waals surface area (Å²) in [5.74, 6) is 0.270. The van der Waals surface area contributed by atoms with E-state index in [0.29, 0.717) is 12.3 Å². The highest BCUT2D eigenvalue weighted by molar-refractivity contribution is 5.92. The molecule has 1 aromatic rings. The summed E-state index contributed by atoms with van der Waals surface area (Å²) in [6.07, 6.45) is 7.98. The molecule has 0 amide bonds. The Morgan fingerprint density at radius 2 is 1.88 bits per heavy atom. The molecule has 1 N–H and O–H groups in total. The highest BCUT2D eigenvalue weighted by atomic mass is 16.5. The molecule has 1 heterocycles. The molecule has 8 unspecified atom stereocenters. The summed E-state index contributed by atoms with van der Waals surface area (Å²) in [5.41, 5.74) is -1.44. The van der Waals surface area contributed by atoms with Crippen molar-refractivity contribution in [3.05, 3.63) is 34.4 Å². The number of hydrogen-bond acceptors (Lipinski definition) is 6. The van der Waals surface area contributed by atoms with Crippen molar-refractivity contribution in [3.63, 3.8) is 0 Å². The summed E-state index contributed by atoms with van der Waals surface area (Å²) in [7, 11) is 0. The van der Waals surface area contributed by atoms with Crippen molar-refractivity contribution in [2.45, 2.75) is 89.8 Å². The second-order valence-electron chi connectivity index (χ2n) is 11.3. The Morgan fingerprint density at radius 3 is 2.56 bits per heavy atom. The Bertz CT molecular complexity index is 978. The maximum atomic E-state index is 13.5. The number of rotatable bonds is 2. The van der Waals surface area contributed by atoms with Crippen molar-refractivity contribution in [2.24, 2.45) is 28.6 Å². The molecular formula is C26H34O6. The smallest absolute Gasteiger partial charge is 0.335 e. The Kier molecular flexibility index (Phi) is 4.97. The summed E-state index contributed by atoms with van der Waals surface area (Å²) >= 11 is 0. The highest BCUT2D eigenvalue weighted by Crippen LogP contribution is 2.69. The van der Waals surface area contributed by atoms with Crippen LogP contribution in [0.3, 0.4) is 0 Å². The fourth-order valence-electron chi connectivity index (χ4n) is 8.38. The van der Waals surface area contributed by atoms with Crippen LogP contribution in [0, 0.1) is 28.6 Å². The van der Waals surface area contributed by atoms with Crippen LogP contribution in [-0.2, 0) is 14.3 Å². The summed E-state index contributed by atoms with van der Waals surface area (Å²) in [5, 5.41) is 12.2. The lowest BCUT2D eigenvalue weighted by molar-refractivity contribution is -0.206. The van der Waals surface area contributed by atoms with Crippen molar-refractivity contribution in [2.75, 3.05) is 0 Å². The number of ketones is 1. The fraction of sp³-hybridized carbons (Fsp3) is 0.731. The zero-order chi connectivity index (χ0) is 22.9. The molecule has 0 spiro atoms. The van der Waals surface area contributed by atoms with E-state index in [0.717, 1.165) is 50.5 Å². The second kappa shape index (κ2) is 7.28. The van der Waals surface area contributed by atoms with Gasteiger partial charge in [-0.3, -0.25) is 9.59 Å². The van der Waals surface area contributed by atoms with Gasteiger partial charge in [0.25, 0.3) is 0 Å². The van der Waals surface area contributed by atoms with Gasteiger partial charge in [-0.1, -0.05) is 13.8 Å². The minimum absolute atomic E-state index is 0.00991. The van der Waals surface area contributed by atoms with E-state index in [-0.39, 0.29) is 41.0 Å². The first-order valence-corrected chi connectivity index (χ1v) is 12.1.